The van der Waals surface area contributed by atoms with E-state index in [-0.39, 0.29) is 6.04 Å². The van der Waals surface area contributed by atoms with Crippen molar-refractivity contribution < 1.29 is 9.47 Å². The van der Waals surface area contributed by atoms with Gasteiger partial charge in [0.2, 0.25) is 0 Å². The maximum absolute atomic E-state index is 5.22. The fraction of sp³-hybridized carbons (Fsp3) is 0.600. The largest absolute Gasteiger partial charge is 0.383 e. The zero-order chi connectivity index (χ0) is 15.0. The van der Waals surface area contributed by atoms with Crippen molar-refractivity contribution in [1.29, 1.82) is 0 Å². The lowest BCUT2D eigenvalue weighted by molar-refractivity contribution is 0.190. The Hall–Kier alpha value is -0.620. The molecule has 0 aliphatic rings. The standard InChI is InChI=1S/C15H25BrN2O2/c1-12(17-2)14-11-13(16)5-6-15(14)18(7-9-19-3)8-10-20-4/h5-6,11-12,17H,7-10H2,1-4H3. The minimum absolute atomic E-state index is 0.287. The van der Waals surface area contributed by atoms with Crippen LogP contribution in [0.4, 0.5) is 5.69 Å². The zero-order valence-corrected chi connectivity index (χ0v) is 14.4. The molecule has 0 aliphatic carbocycles. The third-order valence-corrected chi connectivity index (χ3v) is 3.85. The van der Waals surface area contributed by atoms with Crippen molar-refractivity contribution in [3.8, 4) is 0 Å². The van der Waals surface area contributed by atoms with E-state index in [9.17, 15) is 0 Å². The molecule has 1 atom stereocenters. The van der Waals surface area contributed by atoms with Crippen LogP contribution in [0.2, 0.25) is 0 Å². The summed E-state index contributed by atoms with van der Waals surface area (Å²) >= 11 is 3.55. The Bertz CT molecular complexity index is 393. The highest BCUT2D eigenvalue weighted by atomic mass is 79.9. The van der Waals surface area contributed by atoms with Crippen LogP contribution in [-0.4, -0.2) is 47.6 Å². The molecule has 0 saturated carbocycles. The fourth-order valence-electron chi connectivity index (χ4n) is 2.07. The van der Waals surface area contributed by atoms with E-state index in [4.69, 9.17) is 9.47 Å². The van der Waals surface area contributed by atoms with Crippen molar-refractivity contribution in [3.05, 3.63) is 28.2 Å². The lowest BCUT2D eigenvalue weighted by Crippen LogP contribution is -2.32. The molecular formula is C15H25BrN2O2. The molecule has 0 amide bonds. The molecule has 1 unspecified atom stereocenters. The van der Waals surface area contributed by atoms with Crippen LogP contribution in [-0.2, 0) is 9.47 Å². The average Bonchev–Trinajstić information content (AvgIpc) is 2.47. The number of halogens is 1. The molecule has 1 N–H and O–H groups in total. The Morgan fingerprint density at radius 1 is 1.20 bits per heavy atom. The molecule has 0 aromatic heterocycles. The molecule has 0 bridgehead atoms. The highest BCUT2D eigenvalue weighted by Crippen LogP contribution is 2.29. The molecule has 0 spiro atoms. The summed E-state index contributed by atoms with van der Waals surface area (Å²) in [4.78, 5) is 2.31. The van der Waals surface area contributed by atoms with E-state index in [1.54, 1.807) is 14.2 Å². The topological polar surface area (TPSA) is 33.7 Å². The fourth-order valence-corrected chi connectivity index (χ4v) is 2.45. The minimum Gasteiger partial charge on any atom is -0.383 e. The van der Waals surface area contributed by atoms with Crippen LogP contribution in [0.25, 0.3) is 0 Å². The van der Waals surface area contributed by atoms with E-state index >= 15 is 0 Å². The number of nitrogens with zero attached hydrogens (tertiary/aromatic N) is 1. The summed E-state index contributed by atoms with van der Waals surface area (Å²) < 4.78 is 11.5. The molecule has 0 aliphatic heterocycles. The second kappa shape index (κ2) is 9.34. The maximum atomic E-state index is 5.22. The highest BCUT2D eigenvalue weighted by molar-refractivity contribution is 9.10. The molecule has 20 heavy (non-hydrogen) atoms. The second-order valence-electron chi connectivity index (χ2n) is 4.69. The molecular weight excluding hydrogens is 320 g/mol. The molecule has 0 heterocycles. The molecule has 114 valence electrons. The zero-order valence-electron chi connectivity index (χ0n) is 12.8. The third-order valence-electron chi connectivity index (χ3n) is 3.36. The number of rotatable bonds is 9. The molecule has 5 heteroatoms. The van der Waals surface area contributed by atoms with Gasteiger partial charge in [-0.15, -0.1) is 0 Å². The Morgan fingerprint density at radius 2 is 1.80 bits per heavy atom. The minimum atomic E-state index is 0.287. The Kier molecular flexibility index (Phi) is 8.14. The van der Waals surface area contributed by atoms with Gasteiger partial charge in [0.05, 0.1) is 13.2 Å². The van der Waals surface area contributed by atoms with E-state index in [0.717, 1.165) is 17.6 Å². The van der Waals surface area contributed by atoms with Gasteiger partial charge < -0.3 is 19.7 Å². The Balaban J connectivity index is 3.03. The number of nitrogens with one attached hydrogen (secondary N) is 1. The number of anilines is 1. The van der Waals surface area contributed by atoms with Crippen molar-refractivity contribution in [1.82, 2.24) is 5.32 Å². The van der Waals surface area contributed by atoms with Gasteiger partial charge in [-0.1, -0.05) is 15.9 Å². The van der Waals surface area contributed by atoms with Gasteiger partial charge >= 0.3 is 0 Å². The van der Waals surface area contributed by atoms with Gasteiger partial charge in [-0.2, -0.15) is 0 Å². The van der Waals surface area contributed by atoms with Crippen molar-refractivity contribution in [2.24, 2.45) is 0 Å². The monoisotopic (exact) mass is 344 g/mol. The normalized spacial score (nSPS) is 12.4. The first-order chi connectivity index (χ1) is 9.63. The van der Waals surface area contributed by atoms with E-state index in [1.807, 2.05) is 7.05 Å². The Labute approximate surface area is 130 Å². The van der Waals surface area contributed by atoms with Crippen molar-refractivity contribution in [2.45, 2.75) is 13.0 Å². The summed E-state index contributed by atoms with van der Waals surface area (Å²) in [6.07, 6.45) is 0. The van der Waals surface area contributed by atoms with Crippen LogP contribution in [0.15, 0.2) is 22.7 Å². The van der Waals surface area contributed by atoms with Gasteiger partial charge in [0.15, 0.2) is 0 Å². The van der Waals surface area contributed by atoms with Crippen LogP contribution in [0.5, 0.6) is 0 Å². The first kappa shape index (κ1) is 17.4. The summed E-state index contributed by atoms with van der Waals surface area (Å²) in [5, 5.41) is 3.31. The van der Waals surface area contributed by atoms with Gasteiger partial charge in [0.25, 0.3) is 0 Å². The lowest BCUT2D eigenvalue weighted by atomic mass is 10.1. The predicted molar refractivity (Wildman–Crippen MR) is 87.6 cm³/mol. The predicted octanol–water partition coefficient (Wildman–Crippen LogP) is 2.83. The molecule has 0 radical (unpaired) electrons. The molecule has 1 aromatic carbocycles. The number of hydrogen-bond acceptors (Lipinski definition) is 4. The van der Waals surface area contributed by atoms with Gasteiger partial charge in [-0.05, 0) is 37.7 Å². The van der Waals surface area contributed by atoms with Crippen LogP contribution < -0.4 is 10.2 Å². The first-order valence-electron chi connectivity index (χ1n) is 6.83. The SMILES string of the molecule is CNC(C)c1cc(Br)ccc1N(CCOC)CCOC. The van der Waals surface area contributed by atoms with E-state index in [0.29, 0.717) is 13.2 Å². The van der Waals surface area contributed by atoms with Gasteiger partial charge in [0, 0.05) is 43.5 Å². The summed E-state index contributed by atoms with van der Waals surface area (Å²) in [7, 11) is 5.43. The maximum Gasteiger partial charge on any atom is 0.0637 e. The molecule has 4 nitrogen and oxygen atoms in total. The van der Waals surface area contributed by atoms with Crippen molar-refractivity contribution in [2.75, 3.05) is 52.5 Å². The van der Waals surface area contributed by atoms with Crippen LogP contribution >= 0.6 is 15.9 Å². The quantitative estimate of drug-likeness (QED) is 0.746. The van der Waals surface area contributed by atoms with Gasteiger partial charge in [-0.25, -0.2) is 0 Å². The Morgan fingerprint density at radius 3 is 2.30 bits per heavy atom. The lowest BCUT2D eigenvalue weighted by Gasteiger charge is -2.28. The molecule has 1 rings (SSSR count). The number of hydrogen-bond donors (Lipinski definition) is 1. The summed E-state index contributed by atoms with van der Waals surface area (Å²) in [6, 6.07) is 6.69. The third kappa shape index (κ3) is 5.05. The smallest absolute Gasteiger partial charge is 0.0637 e. The molecule has 0 fully saturated rings. The number of benzene rings is 1. The van der Waals surface area contributed by atoms with E-state index in [1.165, 1.54) is 11.3 Å². The van der Waals surface area contributed by atoms with Crippen LogP contribution in [0.1, 0.15) is 18.5 Å². The van der Waals surface area contributed by atoms with E-state index in [2.05, 4.69) is 51.3 Å². The molecule has 0 saturated heterocycles. The summed E-state index contributed by atoms with van der Waals surface area (Å²) in [5.74, 6) is 0. The first-order valence-corrected chi connectivity index (χ1v) is 7.62. The highest BCUT2D eigenvalue weighted by Gasteiger charge is 2.15. The summed E-state index contributed by atoms with van der Waals surface area (Å²) in [6.45, 7) is 5.27. The summed E-state index contributed by atoms with van der Waals surface area (Å²) in [5.41, 5.74) is 2.50. The number of ether oxygens (including phenoxy) is 2. The van der Waals surface area contributed by atoms with Crippen molar-refractivity contribution >= 4 is 21.6 Å². The van der Waals surface area contributed by atoms with Gasteiger partial charge in [-0.3, -0.25) is 0 Å². The second-order valence-corrected chi connectivity index (χ2v) is 5.60. The van der Waals surface area contributed by atoms with E-state index < -0.39 is 0 Å². The van der Waals surface area contributed by atoms with Crippen LogP contribution in [0, 0.1) is 0 Å². The van der Waals surface area contributed by atoms with Crippen molar-refractivity contribution in [3.63, 3.8) is 0 Å². The average molecular weight is 345 g/mol. The van der Waals surface area contributed by atoms with Gasteiger partial charge in [0.1, 0.15) is 0 Å². The molecule has 1 aromatic rings. The number of methoxy groups -OCH3 is 2. The van der Waals surface area contributed by atoms with Crippen LogP contribution in [0.3, 0.4) is 0 Å².